The van der Waals surface area contributed by atoms with Gasteiger partial charge in [-0.15, -0.1) is 0 Å². The first-order chi connectivity index (χ1) is 12.9. The maximum atomic E-state index is 13.0. The van der Waals surface area contributed by atoms with Gasteiger partial charge in [0.1, 0.15) is 12.4 Å². The largest absolute Gasteiger partial charge is 0.492 e. The van der Waals surface area contributed by atoms with Crippen molar-refractivity contribution in [2.24, 2.45) is 0 Å². The van der Waals surface area contributed by atoms with Crippen LogP contribution in [0.3, 0.4) is 0 Å². The summed E-state index contributed by atoms with van der Waals surface area (Å²) >= 11 is 0. The van der Waals surface area contributed by atoms with E-state index in [-0.39, 0.29) is 6.04 Å². The van der Waals surface area contributed by atoms with Gasteiger partial charge in [0.25, 0.3) is 0 Å². The minimum absolute atomic E-state index is 0.228. The summed E-state index contributed by atoms with van der Waals surface area (Å²) in [5.74, 6) is 0.922. The molecule has 1 N–H and O–H groups in total. The average Bonchev–Trinajstić information content (AvgIpc) is 2.68. The van der Waals surface area contributed by atoms with Gasteiger partial charge in [0.05, 0.1) is 11.2 Å². The second-order valence-corrected chi connectivity index (χ2v) is 7.42. The smallest absolute Gasteiger partial charge is 0.416 e. The van der Waals surface area contributed by atoms with Crippen LogP contribution in [0.2, 0.25) is 0 Å². The Bertz CT molecular complexity index is 813. The van der Waals surface area contributed by atoms with Gasteiger partial charge >= 0.3 is 6.18 Å². The Morgan fingerprint density at radius 2 is 1.78 bits per heavy atom. The summed E-state index contributed by atoms with van der Waals surface area (Å²) in [4.78, 5) is 2.28. The Balaban J connectivity index is 1.44. The van der Waals surface area contributed by atoms with Crippen LogP contribution in [0.5, 0.6) is 5.75 Å². The molecule has 1 atom stereocenters. The number of nitrogens with zero attached hydrogens (tertiary/aromatic N) is 1. The number of fused-ring (bicyclic) bond motifs is 1. The van der Waals surface area contributed by atoms with Crippen LogP contribution in [0.4, 0.5) is 13.2 Å². The van der Waals surface area contributed by atoms with Gasteiger partial charge in [-0.05, 0) is 48.6 Å². The molecular formula is C21H22F3NO2. The van der Waals surface area contributed by atoms with E-state index in [9.17, 15) is 18.3 Å². The highest BCUT2D eigenvalue weighted by Gasteiger charge is 2.39. The lowest BCUT2D eigenvalue weighted by atomic mass is 9.83. The SMILES string of the molecule is OC1(c2cccc(C(F)(F)F)c2)CCN([C@@H]2COc3ccccc3C2)CC1. The Labute approximate surface area is 156 Å². The number of aliphatic hydroxyl groups is 1. The second-order valence-electron chi connectivity index (χ2n) is 7.42. The van der Waals surface area contributed by atoms with E-state index in [1.165, 1.54) is 11.6 Å². The fraction of sp³-hybridized carbons (Fsp3) is 0.429. The molecule has 0 aromatic heterocycles. The van der Waals surface area contributed by atoms with E-state index in [2.05, 4.69) is 11.0 Å². The number of ether oxygens (including phenoxy) is 1. The molecule has 27 heavy (non-hydrogen) atoms. The number of piperidine rings is 1. The third-order valence-corrected chi connectivity index (χ3v) is 5.73. The van der Waals surface area contributed by atoms with Crippen molar-refractivity contribution in [3.63, 3.8) is 0 Å². The lowest BCUT2D eigenvalue weighted by Gasteiger charge is -2.43. The van der Waals surface area contributed by atoms with E-state index in [0.29, 0.717) is 38.1 Å². The fourth-order valence-electron chi connectivity index (χ4n) is 4.08. The molecule has 3 nitrogen and oxygen atoms in total. The van der Waals surface area contributed by atoms with Crippen molar-refractivity contribution in [2.75, 3.05) is 19.7 Å². The Morgan fingerprint density at radius 1 is 1.04 bits per heavy atom. The Hall–Kier alpha value is -2.05. The molecule has 6 heteroatoms. The van der Waals surface area contributed by atoms with Gasteiger partial charge < -0.3 is 9.84 Å². The molecule has 0 spiro atoms. The van der Waals surface area contributed by atoms with Crippen molar-refractivity contribution in [3.8, 4) is 5.75 Å². The molecule has 144 valence electrons. The third kappa shape index (κ3) is 3.69. The van der Waals surface area contributed by atoms with E-state index in [1.54, 1.807) is 6.07 Å². The van der Waals surface area contributed by atoms with Crippen molar-refractivity contribution in [2.45, 2.75) is 37.1 Å². The van der Waals surface area contributed by atoms with Crippen molar-refractivity contribution < 1.29 is 23.0 Å². The van der Waals surface area contributed by atoms with Gasteiger partial charge in [0, 0.05) is 19.1 Å². The minimum Gasteiger partial charge on any atom is -0.492 e. The van der Waals surface area contributed by atoms with Crippen LogP contribution in [0.1, 0.15) is 29.5 Å². The summed E-state index contributed by atoms with van der Waals surface area (Å²) in [6.07, 6.45) is -2.70. The summed E-state index contributed by atoms with van der Waals surface area (Å²) < 4.78 is 44.8. The molecule has 0 saturated carbocycles. The molecule has 4 rings (SSSR count). The van der Waals surface area contributed by atoms with E-state index < -0.39 is 17.3 Å². The normalized spacial score (nSPS) is 22.7. The second kappa shape index (κ2) is 6.84. The highest BCUT2D eigenvalue weighted by Crippen LogP contribution is 2.38. The first-order valence-corrected chi connectivity index (χ1v) is 9.20. The summed E-state index contributed by atoms with van der Waals surface area (Å²) in [5.41, 5.74) is -0.409. The van der Waals surface area contributed by atoms with Crippen LogP contribution >= 0.6 is 0 Å². The van der Waals surface area contributed by atoms with Gasteiger partial charge in [-0.25, -0.2) is 0 Å². The molecule has 0 unspecified atom stereocenters. The van der Waals surface area contributed by atoms with Crippen molar-refractivity contribution in [1.29, 1.82) is 0 Å². The molecule has 2 aliphatic heterocycles. The fourth-order valence-corrected chi connectivity index (χ4v) is 4.08. The van der Waals surface area contributed by atoms with Crippen molar-refractivity contribution in [3.05, 3.63) is 65.2 Å². The number of benzene rings is 2. The monoisotopic (exact) mass is 377 g/mol. The first-order valence-electron chi connectivity index (χ1n) is 9.20. The lowest BCUT2D eigenvalue weighted by Crippen LogP contribution is -2.50. The number of halogens is 3. The number of rotatable bonds is 2. The van der Waals surface area contributed by atoms with E-state index in [0.717, 1.165) is 24.3 Å². The lowest BCUT2D eigenvalue weighted by molar-refractivity contribution is -0.137. The van der Waals surface area contributed by atoms with Crippen LogP contribution in [-0.2, 0) is 18.2 Å². The average molecular weight is 377 g/mol. The Kier molecular flexibility index (Phi) is 4.64. The molecule has 2 aromatic rings. The standard InChI is InChI=1S/C21H22F3NO2/c22-21(23,24)17-6-3-5-16(13-17)20(26)8-10-25(11-9-20)18-12-15-4-1-2-7-19(15)27-14-18/h1-7,13,18,26H,8-12,14H2/t18-/m0/s1. The predicted molar refractivity (Wildman–Crippen MR) is 95.6 cm³/mol. The number of hydrogen-bond donors (Lipinski definition) is 1. The van der Waals surface area contributed by atoms with Crippen LogP contribution in [-0.4, -0.2) is 35.7 Å². The molecule has 2 aliphatic rings. The topological polar surface area (TPSA) is 32.7 Å². The molecule has 1 fully saturated rings. The predicted octanol–water partition coefficient (Wildman–Crippen LogP) is 3.99. The third-order valence-electron chi connectivity index (χ3n) is 5.73. The van der Waals surface area contributed by atoms with Crippen molar-refractivity contribution in [1.82, 2.24) is 4.90 Å². The maximum absolute atomic E-state index is 13.0. The molecule has 0 radical (unpaired) electrons. The summed E-state index contributed by atoms with van der Waals surface area (Å²) in [6.45, 7) is 1.85. The quantitative estimate of drug-likeness (QED) is 0.859. The Morgan fingerprint density at radius 3 is 2.52 bits per heavy atom. The number of para-hydroxylation sites is 1. The van der Waals surface area contributed by atoms with E-state index in [4.69, 9.17) is 4.74 Å². The molecule has 0 amide bonds. The number of alkyl halides is 3. The highest BCUT2D eigenvalue weighted by atomic mass is 19.4. The van der Waals surface area contributed by atoms with Gasteiger partial charge in [-0.3, -0.25) is 4.90 Å². The minimum atomic E-state index is -4.40. The maximum Gasteiger partial charge on any atom is 0.416 e. The van der Waals surface area contributed by atoms with Crippen LogP contribution in [0.15, 0.2) is 48.5 Å². The molecule has 2 heterocycles. The van der Waals surface area contributed by atoms with Gasteiger partial charge in [-0.1, -0.05) is 30.3 Å². The molecular weight excluding hydrogens is 355 g/mol. The van der Waals surface area contributed by atoms with Crippen LogP contribution < -0.4 is 4.74 Å². The van der Waals surface area contributed by atoms with Crippen molar-refractivity contribution >= 4 is 0 Å². The number of hydrogen-bond acceptors (Lipinski definition) is 3. The van der Waals surface area contributed by atoms with Gasteiger partial charge in [-0.2, -0.15) is 13.2 Å². The molecule has 0 bridgehead atoms. The number of likely N-dealkylation sites (tertiary alicyclic amines) is 1. The zero-order valence-corrected chi connectivity index (χ0v) is 14.9. The molecule has 2 aromatic carbocycles. The summed E-state index contributed by atoms with van der Waals surface area (Å²) in [6, 6.07) is 13.3. The van der Waals surface area contributed by atoms with Gasteiger partial charge in [0.15, 0.2) is 0 Å². The first kappa shape index (κ1) is 18.3. The molecule has 0 aliphatic carbocycles. The van der Waals surface area contributed by atoms with Gasteiger partial charge in [0.2, 0.25) is 0 Å². The van der Waals surface area contributed by atoms with E-state index >= 15 is 0 Å². The summed E-state index contributed by atoms with van der Waals surface area (Å²) in [5, 5.41) is 11.0. The highest BCUT2D eigenvalue weighted by molar-refractivity contribution is 5.36. The van der Waals surface area contributed by atoms with Crippen LogP contribution in [0, 0.1) is 0 Å². The zero-order chi connectivity index (χ0) is 19.1. The van der Waals surface area contributed by atoms with E-state index in [1.807, 2.05) is 18.2 Å². The van der Waals surface area contributed by atoms with Crippen LogP contribution in [0.25, 0.3) is 0 Å². The zero-order valence-electron chi connectivity index (χ0n) is 14.9. The molecule has 1 saturated heterocycles. The summed E-state index contributed by atoms with van der Waals surface area (Å²) in [7, 11) is 0.